The van der Waals surface area contributed by atoms with Gasteiger partial charge in [0.1, 0.15) is 54.8 Å². The van der Waals surface area contributed by atoms with E-state index in [9.17, 15) is 34.2 Å². The number of amidine groups is 1. The van der Waals surface area contributed by atoms with Gasteiger partial charge < -0.3 is 49.5 Å². The number of esters is 3. The quantitative estimate of drug-likeness (QED) is 0.0313. The number of hydrogen-bond donors (Lipinski definition) is 5. The lowest BCUT2D eigenvalue weighted by molar-refractivity contribution is -0.167. The first kappa shape index (κ1) is 71.2. The molecule has 0 bridgehead atoms. The third-order valence-electron chi connectivity index (χ3n) is 16.5. The molecule has 0 spiro atoms. The Bertz CT molecular complexity index is 2630. The van der Waals surface area contributed by atoms with Gasteiger partial charge in [-0.25, -0.2) is 29.0 Å². The number of aromatic nitrogens is 1. The highest BCUT2D eigenvalue weighted by molar-refractivity contribution is 8.00. The van der Waals surface area contributed by atoms with Crippen LogP contribution in [0.5, 0.6) is 0 Å². The minimum Gasteiger partial charge on any atom is -0.480 e. The van der Waals surface area contributed by atoms with Crippen molar-refractivity contribution >= 4 is 71.2 Å². The molecule has 472 valence electrons. The zero-order chi connectivity index (χ0) is 63.9. The smallest absolute Gasteiger partial charge is 0.342 e. The molecule has 5 unspecified atom stereocenters. The van der Waals surface area contributed by atoms with Crippen molar-refractivity contribution in [2.24, 2.45) is 73.5 Å². The van der Waals surface area contributed by atoms with Gasteiger partial charge in [0.15, 0.2) is 0 Å². The molecule has 2 heterocycles. The van der Waals surface area contributed by atoms with Crippen LogP contribution in [-0.2, 0) is 52.5 Å². The van der Waals surface area contributed by atoms with Crippen molar-refractivity contribution in [2.45, 2.75) is 194 Å². The molecule has 19 heteroatoms. The Morgan fingerprint density at radius 1 is 0.679 bits per heavy atom. The summed E-state index contributed by atoms with van der Waals surface area (Å²) in [6.07, 6.45) is 2.98. The molecule has 0 saturated heterocycles. The van der Waals surface area contributed by atoms with Crippen LogP contribution >= 0.6 is 11.8 Å². The van der Waals surface area contributed by atoms with Crippen LogP contribution in [-0.4, -0.2) is 119 Å². The standard InChI is InChI=1S/C65H102N4O14S/c1-34(2)48-44(29-45-49(35(3)4)51(55(67-45)69-60(78)65(20,21)22)59(77)83-53-42(63(14,15)16)27-39(31-80-33-47(72)73)28-43(53)64(17,18)19)66-54(68-56(74)37(7)84-24-23-81-57(75)36(5)6)50(48)58(76)82-52-40(61(8,9)10)25-38(30-79-32-46(70)71)26-41(52)62(11,12)13/h29,34-35,37-43,52-53,66H,5,23-28,30-33H2,1-4,6-22H3,(H,68,74)(H,70,71)(H,72,73)(H,67,69,78). The van der Waals surface area contributed by atoms with E-state index in [4.69, 9.17) is 28.7 Å². The fraction of sp³-hybridized carbons (Fsp3) is 0.723. The van der Waals surface area contributed by atoms with E-state index in [1.807, 2.05) is 27.7 Å². The number of H-pyrrole nitrogens is 1. The maximum atomic E-state index is 15.6. The number of rotatable bonds is 22. The minimum atomic E-state index is -1.05. The topological polar surface area (TPSA) is 258 Å². The number of carboxylic acids is 2. The minimum absolute atomic E-state index is 0.00213. The molecule has 2 amide bonds. The van der Waals surface area contributed by atoms with Gasteiger partial charge in [0.2, 0.25) is 11.8 Å². The lowest BCUT2D eigenvalue weighted by atomic mass is 9.58. The summed E-state index contributed by atoms with van der Waals surface area (Å²) in [7, 11) is 0. The van der Waals surface area contributed by atoms with Crippen molar-refractivity contribution in [3.05, 3.63) is 45.8 Å². The number of amides is 2. The van der Waals surface area contributed by atoms with Crippen LogP contribution in [0.4, 0.5) is 5.82 Å². The van der Waals surface area contributed by atoms with Gasteiger partial charge in [-0.3, -0.25) is 9.59 Å². The molecule has 0 radical (unpaired) electrons. The number of ether oxygens (including phenoxy) is 5. The number of aliphatic imine (C=N–C) groups is 1. The summed E-state index contributed by atoms with van der Waals surface area (Å²) in [5, 5.41) is 24.1. The zero-order valence-corrected chi connectivity index (χ0v) is 55.2. The molecule has 1 aromatic rings. The zero-order valence-electron chi connectivity index (χ0n) is 54.4. The van der Waals surface area contributed by atoms with Gasteiger partial charge in [-0.2, -0.15) is 0 Å². The second-order valence-electron chi connectivity index (χ2n) is 29.5. The third-order valence-corrected chi connectivity index (χ3v) is 17.6. The Morgan fingerprint density at radius 3 is 1.50 bits per heavy atom. The highest BCUT2D eigenvalue weighted by atomic mass is 32.2. The molecule has 4 rings (SSSR count). The number of nitrogens with one attached hydrogen (secondary N) is 3. The van der Waals surface area contributed by atoms with Crippen LogP contribution in [0.2, 0.25) is 0 Å². The van der Waals surface area contributed by atoms with Crippen LogP contribution in [0.25, 0.3) is 6.08 Å². The van der Waals surface area contributed by atoms with E-state index in [0.29, 0.717) is 54.0 Å². The largest absolute Gasteiger partial charge is 0.480 e. The maximum absolute atomic E-state index is 15.6. The second kappa shape index (κ2) is 28.5. The highest BCUT2D eigenvalue weighted by Crippen LogP contribution is 2.52. The number of carboxylic acid groups (broad SMARTS) is 2. The van der Waals surface area contributed by atoms with Crippen LogP contribution in [0.15, 0.2) is 34.0 Å². The van der Waals surface area contributed by atoms with E-state index in [-0.39, 0.29) is 123 Å². The van der Waals surface area contributed by atoms with Gasteiger partial charge in [0.25, 0.3) is 0 Å². The Labute approximate surface area is 504 Å². The molecule has 5 N–H and O–H groups in total. The molecule has 2 aliphatic carbocycles. The van der Waals surface area contributed by atoms with Crippen molar-refractivity contribution in [1.29, 1.82) is 0 Å². The van der Waals surface area contributed by atoms with E-state index >= 15 is 9.59 Å². The number of nitrogens with zero attached hydrogens (tertiary/aromatic N) is 1. The predicted octanol–water partition coefficient (Wildman–Crippen LogP) is 12.3. The summed E-state index contributed by atoms with van der Waals surface area (Å²) in [6.45, 7) is 44.9. The average Bonchev–Trinajstić information content (AvgIpc) is 2.44. The molecule has 3 aliphatic rings. The first-order valence-corrected chi connectivity index (χ1v) is 30.9. The van der Waals surface area contributed by atoms with Gasteiger partial charge in [-0.15, -0.1) is 11.8 Å². The normalized spacial score (nSPS) is 23.5. The summed E-state index contributed by atoms with van der Waals surface area (Å²) < 4.78 is 30.4. The first-order valence-electron chi connectivity index (χ1n) is 29.8. The van der Waals surface area contributed by atoms with Gasteiger partial charge in [0, 0.05) is 46.1 Å². The molecular formula is C65H102N4O14S. The van der Waals surface area contributed by atoms with Crippen LogP contribution in [0.1, 0.15) is 199 Å². The van der Waals surface area contributed by atoms with E-state index in [1.54, 1.807) is 40.7 Å². The Kier molecular flexibility index (Phi) is 24.2. The van der Waals surface area contributed by atoms with Crippen molar-refractivity contribution in [2.75, 3.05) is 44.1 Å². The molecule has 1 aromatic heterocycles. The number of carbonyl (C=O) groups excluding carboxylic acids is 5. The average molecular weight is 1200 g/mol. The number of carbonyl (C=O) groups is 7. The monoisotopic (exact) mass is 1190 g/mol. The van der Waals surface area contributed by atoms with Gasteiger partial charge in [-0.05, 0) is 102 Å². The van der Waals surface area contributed by atoms with E-state index in [0.717, 1.165) is 0 Å². The molecule has 0 aromatic carbocycles. The summed E-state index contributed by atoms with van der Waals surface area (Å²) in [5.41, 5.74) is -0.231. The van der Waals surface area contributed by atoms with Gasteiger partial charge >= 0.3 is 29.8 Å². The Morgan fingerprint density at radius 2 is 1.12 bits per heavy atom. The van der Waals surface area contributed by atoms with Crippen molar-refractivity contribution in [3.63, 3.8) is 0 Å². The fourth-order valence-electron chi connectivity index (χ4n) is 12.0. The number of aromatic amines is 1. The number of hydrogen-bond acceptors (Lipinski definition) is 14. The lowest BCUT2D eigenvalue weighted by Gasteiger charge is -2.50. The summed E-state index contributed by atoms with van der Waals surface area (Å²) in [6, 6.07) is 0. The predicted molar refractivity (Wildman–Crippen MR) is 329 cm³/mol. The SMILES string of the molecule is C=C(C)C(=O)OCCSC(C)C(=O)Nc1[nH]c(C=C2N=C(NC(=O)C(C)(C)C)C(C(=O)OC3C(C(C)(C)C)CC(COCC(=O)O)CC3C(C)(C)C)=C2C(C)C)c(C(C)C)c1C(=O)OC1C(C(C)(C)C)CC(COCC(=O)O)CC1C(C)(C)C. The van der Waals surface area contributed by atoms with E-state index < -0.39 is 71.8 Å². The van der Waals surface area contributed by atoms with Crippen molar-refractivity contribution < 1.29 is 67.5 Å². The molecule has 2 saturated carbocycles. The summed E-state index contributed by atoms with van der Waals surface area (Å²) in [5.74, 6) is -5.90. The molecule has 18 nitrogen and oxygen atoms in total. The summed E-state index contributed by atoms with van der Waals surface area (Å²) >= 11 is 1.26. The molecular weight excluding hydrogens is 1090 g/mol. The third kappa shape index (κ3) is 19.1. The number of aliphatic carboxylic acids is 2. The number of thioether (sulfide) groups is 1. The van der Waals surface area contributed by atoms with E-state index in [1.165, 1.54) is 11.8 Å². The maximum Gasteiger partial charge on any atom is 0.342 e. The second-order valence-corrected chi connectivity index (χ2v) is 31.0. The number of anilines is 1. The van der Waals surface area contributed by atoms with Crippen molar-refractivity contribution in [3.8, 4) is 0 Å². The Hall–Kier alpha value is -5.27. The highest BCUT2D eigenvalue weighted by Gasteiger charge is 2.52. The van der Waals surface area contributed by atoms with Crippen LogP contribution in [0.3, 0.4) is 0 Å². The molecule has 84 heavy (non-hydrogen) atoms. The fourth-order valence-corrected chi connectivity index (χ4v) is 12.7. The first-order chi connectivity index (χ1) is 38.4. The molecule has 2 fully saturated rings. The molecule has 5 atom stereocenters. The van der Waals surface area contributed by atoms with E-state index in [2.05, 4.69) is 105 Å². The van der Waals surface area contributed by atoms with Gasteiger partial charge in [-0.1, -0.05) is 138 Å². The summed E-state index contributed by atoms with van der Waals surface area (Å²) in [4.78, 5) is 103. The van der Waals surface area contributed by atoms with Crippen LogP contribution in [0, 0.1) is 68.5 Å². The number of allylic oxidation sites excluding steroid dienone is 1. The van der Waals surface area contributed by atoms with Gasteiger partial charge in [0.05, 0.1) is 24.2 Å². The van der Waals surface area contributed by atoms with Crippen LogP contribution < -0.4 is 10.6 Å². The van der Waals surface area contributed by atoms with Crippen molar-refractivity contribution in [1.82, 2.24) is 10.3 Å². The lowest BCUT2D eigenvalue weighted by Crippen LogP contribution is -2.51. The Balaban J connectivity index is 1.99. The molecule has 1 aliphatic heterocycles.